The molecule has 0 aliphatic rings. The van der Waals surface area contributed by atoms with Crippen LogP contribution < -0.4 is 5.73 Å². The topological polar surface area (TPSA) is 26.0 Å². The van der Waals surface area contributed by atoms with Crippen LogP contribution in [0.3, 0.4) is 0 Å². The van der Waals surface area contributed by atoms with Gasteiger partial charge in [0.2, 0.25) is 0 Å². The summed E-state index contributed by atoms with van der Waals surface area (Å²) < 4.78 is 36.9. The molecule has 0 aliphatic heterocycles. The third-order valence-corrected chi connectivity index (χ3v) is 1.91. The van der Waals surface area contributed by atoms with E-state index in [9.17, 15) is 13.2 Å². The summed E-state index contributed by atoms with van der Waals surface area (Å²) >= 11 is 5.36. The Kier molecular flexibility index (Phi) is 3.17. The Morgan fingerprint density at radius 1 is 1.31 bits per heavy atom. The van der Waals surface area contributed by atoms with Crippen LogP contribution in [0.25, 0.3) is 0 Å². The molecule has 0 unspecified atom stereocenters. The molecule has 0 saturated carbocycles. The van der Waals surface area contributed by atoms with Crippen molar-refractivity contribution in [3.63, 3.8) is 0 Å². The minimum absolute atomic E-state index is 0.0388. The van der Waals surface area contributed by atoms with Crippen molar-refractivity contribution >= 4 is 11.6 Å². The lowest BCUT2D eigenvalue weighted by Gasteiger charge is -2.10. The Balaban J connectivity index is 2.97. The molecule has 1 nitrogen and oxygen atoms in total. The molecule has 0 aromatic heterocycles. The van der Waals surface area contributed by atoms with Gasteiger partial charge in [-0.1, -0.05) is 17.7 Å². The molecule has 0 spiro atoms. The zero-order valence-electron chi connectivity index (χ0n) is 6.48. The van der Waals surface area contributed by atoms with Gasteiger partial charge in [0.1, 0.15) is 5.82 Å². The maximum absolute atomic E-state index is 12.8. The maximum atomic E-state index is 12.8. The molecule has 1 aromatic carbocycles. The first-order valence-corrected chi connectivity index (χ1v) is 3.89. The number of hydrogen-bond donors (Lipinski definition) is 1. The van der Waals surface area contributed by atoms with Crippen LogP contribution in [0.15, 0.2) is 18.2 Å². The van der Waals surface area contributed by atoms with Gasteiger partial charge in [0, 0.05) is 0 Å². The molecule has 0 aliphatic carbocycles. The third kappa shape index (κ3) is 2.35. The molecule has 0 fully saturated rings. The Bertz CT molecular complexity index is 303. The fraction of sp³-hybridized carbons (Fsp3) is 0.250. The normalized spacial score (nSPS) is 13.4. The van der Waals surface area contributed by atoms with Crippen LogP contribution >= 0.6 is 11.6 Å². The average Bonchev–Trinajstić information content (AvgIpc) is 2.08. The van der Waals surface area contributed by atoms with Crippen molar-refractivity contribution in [2.45, 2.75) is 12.5 Å². The Hall–Kier alpha value is -0.740. The van der Waals surface area contributed by atoms with Gasteiger partial charge in [0.05, 0.1) is 11.1 Å². The van der Waals surface area contributed by atoms with E-state index in [-0.39, 0.29) is 10.6 Å². The largest absolute Gasteiger partial charge is 0.319 e. The number of hydrogen-bond acceptors (Lipinski definition) is 1. The second-order valence-electron chi connectivity index (χ2n) is 2.53. The van der Waals surface area contributed by atoms with Gasteiger partial charge >= 0.3 is 0 Å². The number of rotatable bonds is 2. The maximum Gasteiger partial charge on any atom is 0.257 e. The Labute approximate surface area is 78.3 Å². The Morgan fingerprint density at radius 2 is 1.92 bits per heavy atom. The van der Waals surface area contributed by atoms with E-state index >= 15 is 0 Å². The lowest BCUT2D eigenvalue weighted by atomic mass is 10.1. The van der Waals surface area contributed by atoms with Crippen molar-refractivity contribution in [1.82, 2.24) is 0 Å². The summed E-state index contributed by atoms with van der Waals surface area (Å²) in [4.78, 5) is 0. The molecule has 0 heterocycles. The first-order valence-electron chi connectivity index (χ1n) is 3.51. The minimum atomic E-state index is -2.71. The van der Waals surface area contributed by atoms with Gasteiger partial charge in [-0.15, -0.1) is 0 Å². The summed E-state index contributed by atoms with van der Waals surface area (Å²) in [5.74, 6) is -0.740. The van der Waals surface area contributed by atoms with Crippen LogP contribution in [-0.2, 0) is 0 Å². The first-order chi connectivity index (χ1) is 6.02. The molecule has 5 heteroatoms. The van der Waals surface area contributed by atoms with Crippen LogP contribution in [-0.4, -0.2) is 6.43 Å². The van der Waals surface area contributed by atoms with E-state index in [4.69, 9.17) is 17.3 Å². The lowest BCUT2D eigenvalue weighted by molar-refractivity contribution is 0.116. The van der Waals surface area contributed by atoms with E-state index in [0.717, 1.165) is 6.07 Å². The predicted molar refractivity (Wildman–Crippen MR) is 44.3 cm³/mol. The zero-order chi connectivity index (χ0) is 10.0. The molecule has 0 radical (unpaired) electrons. The predicted octanol–water partition coefficient (Wildman–Crippen LogP) is 2.74. The monoisotopic (exact) mass is 209 g/mol. The average molecular weight is 210 g/mol. The zero-order valence-corrected chi connectivity index (χ0v) is 7.23. The van der Waals surface area contributed by atoms with Crippen molar-refractivity contribution < 1.29 is 13.2 Å². The molecule has 13 heavy (non-hydrogen) atoms. The molecular formula is C8H7ClF3N. The summed E-state index contributed by atoms with van der Waals surface area (Å²) in [6, 6.07) is 1.93. The van der Waals surface area contributed by atoms with Crippen LogP contribution in [0.5, 0.6) is 0 Å². The molecule has 0 bridgehead atoms. The summed E-state index contributed by atoms with van der Waals surface area (Å²) in [7, 11) is 0. The number of alkyl halides is 2. The van der Waals surface area contributed by atoms with Crippen molar-refractivity contribution in [1.29, 1.82) is 0 Å². The van der Waals surface area contributed by atoms with Crippen molar-refractivity contribution in [3.8, 4) is 0 Å². The first kappa shape index (κ1) is 10.3. The number of halogens is 4. The summed E-state index contributed by atoms with van der Waals surface area (Å²) in [6.07, 6.45) is -2.71. The Morgan fingerprint density at radius 3 is 2.38 bits per heavy atom. The number of benzene rings is 1. The van der Waals surface area contributed by atoms with Crippen molar-refractivity contribution in [2.75, 3.05) is 0 Å². The molecule has 72 valence electrons. The van der Waals surface area contributed by atoms with Gasteiger partial charge in [-0.05, 0) is 17.7 Å². The van der Waals surface area contributed by atoms with E-state index in [2.05, 4.69) is 0 Å². The minimum Gasteiger partial charge on any atom is -0.319 e. The second kappa shape index (κ2) is 3.98. The second-order valence-corrected chi connectivity index (χ2v) is 2.94. The van der Waals surface area contributed by atoms with E-state index in [0.29, 0.717) is 0 Å². The lowest BCUT2D eigenvalue weighted by Crippen LogP contribution is -2.18. The van der Waals surface area contributed by atoms with Gasteiger partial charge in [0.25, 0.3) is 6.43 Å². The molecular weight excluding hydrogens is 203 g/mol. The van der Waals surface area contributed by atoms with Gasteiger partial charge in [-0.25, -0.2) is 13.2 Å². The van der Waals surface area contributed by atoms with Crippen LogP contribution in [0, 0.1) is 5.82 Å². The molecule has 2 N–H and O–H groups in total. The highest BCUT2D eigenvalue weighted by atomic mass is 35.5. The van der Waals surface area contributed by atoms with Gasteiger partial charge in [-0.2, -0.15) is 0 Å². The van der Waals surface area contributed by atoms with E-state index in [1.807, 2.05) is 0 Å². The van der Waals surface area contributed by atoms with Gasteiger partial charge < -0.3 is 5.73 Å². The van der Waals surface area contributed by atoms with Crippen LogP contribution in [0.4, 0.5) is 13.2 Å². The third-order valence-electron chi connectivity index (χ3n) is 1.60. The molecule has 1 atom stereocenters. The van der Waals surface area contributed by atoms with Crippen molar-refractivity contribution in [2.24, 2.45) is 5.73 Å². The van der Waals surface area contributed by atoms with Crippen molar-refractivity contribution in [3.05, 3.63) is 34.6 Å². The summed E-state index contributed by atoms with van der Waals surface area (Å²) in [6.45, 7) is 0. The summed E-state index contributed by atoms with van der Waals surface area (Å²) in [5.41, 5.74) is 5.14. The highest BCUT2D eigenvalue weighted by Gasteiger charge is 2.18. The standard InChI is InChI=1S/C8H7ClF3N/c9-5-2-1-4(3-6(5)10)7(13)8(11)12/h1-3,7-8H,13H2/t7-/m1/s1. The van der Waals surface area contributed by atoms with E-state index in [1.54, 1.807) is 0 Å². The van der Waals surface area contributed by atoms with E-state index < -0.39 is 18.3 Å². The summed E-state index contributed by atoms with van der Waals surface area (Å²) in [5, 5.41) is -0.106. The highest BCUT2D eigenvalue weighted by molar-refractivity contribution is 6.30. The van der Waals surface area contributed by atoms with Crippen LogP contribution in [0.2, 0.25) is 5.02 Å². The highest BCUT2D eigenvalue weighted by Crippen LogP contribution is 2.22. The SMILES string of the molecule is N[C@H](c1ccc(Cl)c(F)c1)C(F)F. The van der Waals surface area contributed by atoms with E-state index in [1.165, 1.54) is 12.1 Å². The molecule has 0 saturated heterocycles. The smallest absolute Gasteiger partial charge is 0.257 e. The fourth-order valence-corrected chi connectivity index (χ4v) is 0.983. The molecule has 1 aromatic rings. The van der Waals surface area contributed by atoms with Crippen LogP contribution in [0.1, 0.15) is 11.6 Å². The van der Waals surface area contributed by atoms with Gasteiger partial charge in [-0.3, -0.25) is 0 Å². The van der Waals surface area contributed by atoms with Gasteiger partial charge in [0.15, 0.2) is 0 Å². The number of nitrogens with two attached hydrogens (primary N) is 1. The molecule has 0 amide bonds. The molecule has 1 rings (SSSR count). The quantitative estimate of drug-likeness (QED) is 0.796. The fourth-order valence-electron chi connectivity index (χ4n) is 0.865.